The van der Waals surface area contributed by atoms with Gasteiger partial charge in [0.15, 0.2) is 6.10 Å². The molecule has 172 valence electrons. The van der Waals surface area contributed by atoms with Crippen molar-refractivity contribution in [1.29, 1.82) is 0 Å². The average Bonchev–Trinajstić information content (AvgIpc) is 3.22. The number of aryl methyl sites for hydroxylation is 1. The Morgan fingerprint density at radius 3 is 2.85 bits per heavy atom. The van der Waals surface area contributed by atoms with Crippen molar-refractivity contribution in [2.75, 3.05) is 18.1 Å². The second-order valence-corrected chi connectivity index (χ2v) is 9.14. The van der Waals surface area contributed by atoms with Crippen molar-refractivity contribution < 1.29 is 19.1 Å². The van der Waals surface area contributed by atoms with Crippen molar-refractivity contribution >= 4 is 28.9 Å². The number of hydrogen-bond donors (Lipinski definition) is 0. The zero-order valence-corrected chi connectivity index (χ0v) is 19.9. The molecule has 8 heteroatoms. The molecule has 0 spiro atoms. The number of nitrogens with zero attached hydrogens (tertiary/aromatic N) is 3. The third kappa shape index (κ3) is 5.06. The van der Waals surface area contributed by atoms with Crippen molar-refractivity contribution in [3.8, 4) is 27.7 Å². The molecule has 0 radical (unpaired) electrons. The van der Waals surface area contributed by atoms with Gasteiger partial charge in [-0.05, 0) is 50.6 Å². The van der Waals surface area contributed by atoms with E-state index >= 15 is 0 Å². The quantitative estimate of drug-likeness (QED) is 0.343. The second-order valence-electron chi connectivity index (χ2n) is 7.93. The van der Waals surface area contributed by atoms with Crippen molar-refractivity contribution in [2.24, 2.45) is 0 Å². The van der Waals surface area contributed by atoms with E-state index in [0.717, 1.165) is 46.1 Å². The summed E-state index contributed by atoms with van der Waals surface area (Å²) < 4.78 is 11.1. The van der Waals surface area contributed by atoms with Crippen LogP contribution in [0.25, 0.3) is 22.0 Å². The fraction of sp³-hybridized carbons (Fsp3) is 0.360. The van der Waals surface area contributed by atoms with E-state index in [1.807, 2.05) is 43.3 Å². The van der Waals surface area contributed by atoms with Crippen LogP contribution in [0, 0.1) is 6.92 Å². The first-order chi connectivity index (χ1) is 16.0. The van der Waals surface area contributed by atoms with E-state index in [-0.39, 0.29) is 12.5 Å². The number of unbranched alkanes of at least 4 members (excludes halogenated alkanes) is 2. The molecule has 0 fully saturated rings. The molecule has 0 aliphatic carbocycles. The third-order valence-corrected chi connectivity index (χ3v) is 6.41. The maximum atomic E-state index is 12.9. The summed E-state index contributed by atoms with van der Waals surface area (Å²) >= 11 is 1.57. The van der Waals surface area contributed by atoms with Crippen molar-refractivity contribution in [3.63, 3.8) is 0 Å². The van der Waals surface area contributed by atoms with E-state index in [1.165, 1.54) is 4.90 Å². The minimum Gasteiger partial charge on any atom is -0.479 e. The summed E-state index contributed by atoms with van der Waals surface area (Å²) in [5, 5.41) is 0.828. The van der Waals surface area contributed by atoms with Crippen molar-refractivity contribution in [3.05, 3.63) is 47.5 Å². The Bertz CT molecular complexity index is 1150. The zero-order valence-electron chi connectivity index (χ0n) is 19.0. The monoisotopic (exact) mass is 465 g/mol. The predicted octanol–water partition coefficient (Wildman–Crippen LogP) is 5.03. The lowest BCUT2D eigenvalue weighted by atomic mass is 10.1. The van der Waals surface area contributed by atoms with E-state index < -0.39 is 12.1 Å². The van der Waals surface area contributed by atoms with E-state index in [4.69, 9.17) is 14.5 Å². The number of ether oxygens (including phenoxy) is 2. The maximum Gasteiger partial charge on any atom is 0.326 e. The number of anilines is 1. The van der Waals surface area contributed by atoms with Gasteiger partial charge in [-0.3, -0.25) is 19.5 Å². The zero-order chi connectivity index (χ0) is 23.4. The molecule has 4 rings (SSSR count). The first kappa shape index (κ1) is 22.9. The molecule has 1 unspecified atom stereocenters. The van der Waals surface area contributed by atoms with Crippen LogP contribution in [0.4, 0.5) is 5.69 Å². The number of carbonyl (C=O) groups is 2. The number of hydrogen-bond acceptors (Lipinski definition) is 7. The Balaban J connectivity index is 1.61. The van der Waals surface area contributed by atoms with Crippen LogP contribution >= 0.6 is 11.3 Å². The van der Waals surface area contributed by atoms with Crippen molar-refractivity contribution in [2.45, 2.75) is 46.1 Å². The van der Waals surface area contributed by atoms with Crippen LogP contribution in [-0.4, -0.2) is 41.1 Å². The van der Waals surface area contributed by atoms with E-state index in [2.05, 4.69) is 11.9 Å². The highest BCUT2D eigenvalue weighted by molar-refractivity contribution is 7.15. The lowest BCUT2D eigenvalue weighted by Crippen LogP contribution is -2.47. The predicted molar refractivity (Wildman–Crippen MR) is 128 cm³/mol. The van der Waals surface area contributed by atoms with Gasteiger partial charge in [-0.2, -0.15) is 0 Å². The number of amides is 1. The summed E-state index contributed by atoms with van der Waals surface area (Å²) in [6.45, 7) is 6.00. The Labute approximate surface area is 197 Å². The summed E-state index contributed by atoms with van der Waals surface area (Å²) in [4.78, 5) is 37.0. The lowest BCUT2D eigenvalue weighted by molar-refractivity contribution is -0.143. The summed E-state index contributed by atoms with van der Waals surface area (Å²) in [6, 6.07) is 11.3. The Morgan fingerprint density at radius 2 is 2.09 bits per heavy atom. The molecule has 0 bridgehead atoms. The van der Waals surface area contributed by atoms with Gasteiger partial charge in [0, 0.05) is 16.6 Å². The number of aromatic nitrogens is 2. The fourth-order valence-corrected chi connectivity index (χ4v) is 4.61. The number of esters is 1. The minimum atomic E-state index is -0.673. The van der Waals surface area contributed by atoms with E-state index in [0.29, 0.717) is 18.0 Å². The van der Waals surface area contributed by atoms with Crippen LogP contribution < -0.4 is 9.64 Å². The summed E-state index contributed by atoms with van der Waals surface area (Å²) in [6.07, 6.45) is 3.94. The molecule has 0 N–H and O–H groups in total. The fourth-order valence-electron chi connectivity index (χ4n) is 3.69. The van der Waals surface area contributed by atoms with Gasteiger partial charge in [-0.1, -0.05) is 25.8 Å². The third-order valence-electron chi connectivity index (χ3n) is 5.42. The summed E-state index contributed by atoms with van der Waals surface area (Å²) in [7, 11) is 0. The van der Waals surface area contributed by atoms with E-state index in [1.54, 1.807) is 24.5 Å². The highest BCUT2D eigenvalue weighted by Crippen LogP contribution is 2.39. The molecule has 7 nitrogen and oxygen atoms in total. The number of carbonyl (C=O) groups excluding carboxylic acids is 2. The molecule has 0 saturated heterocycles. The van der Waals surface area contributed by atoms with E-state index in [9.17, 15) is 9.59 Å². The highest BCUT2D eigenvalue weighted by Gasteiger charge is 2.33. The van der Waals surface area contributed by atoms with Crippen LogP contribution in [0.5, 0.6) is 5.75 Å². The van der Waals surface area contributed by atoms with Gasteiger partial charge >= 0.3 is 5.97 Å². The maximum absolute atomic E-state index is 12.9. The van der Waals surface area contributed by atoms with Crippen LogP contribution in [0.1, 0.15) is 38.0 Å². The molecule has 1 aromatic carbocycles. The Kier molecular flexibility index (Phi) is 7.03. The van der Waals surface area contributed by atoms with Crippen LogP contribution in [-0.2, 0) is 14.3 Å². The topological polar surface area (TPSA) is 81.6 Å². The molecule has 0 saturated carbocycles. The molecule has 1 atom stereocenters. The highest BCUT2D eigenvalue weighted by atomic mass is 32.1. The molecular formula is C25H27N3O4S. The molecule has 3 heterocycles. The van der Waals surface area contributed by atoms with Gasteiger partial charge in [0.25, 0.3) is 5.91 Å². The lowest BCUT2D eigenvalue weighted by Gasteiger charge is -2.32. The van der Waals surface area contributed by atoms with Gasteiger partial charge in [0.2, 0.25) is 0 Å². The number of fused-ring (bicyclic) bond motifs is 1. The SMILES string of the molecule is CCCCCOC(=O)CN1C(=O)C(C)Oc2ccc(-c3nc(-c4ccccn4)sc3C)cc21. The standard InChI is InChI=1S/C25H27N3O4S/c1-4-5-8-13-31-22(29)15-28-20-14-18(10-11-21(20)32-16(2)25(28)30)23-17(3)33-24(27-23)19-9-6-7-12-26-19/h6-7,9-12,14,16H,4-5,8,13,15H2,1-3H3. The van der Waals surface area contributed by atoms with Gasteiger partial charge in [-0.15, -0.1) is 11.3 Å². The molecule has 2 aromatic heterocycles. The summed E-state index contributed by atoms with van der Waals surface area (Å²) in [5.41, 5.74) is 3.02. The molecule has 1 aliphatic heterocycles. The number of benzene rings is 1. The number of pyridine rings is 1. The largest absolute Gasteiger partial charge is 0.479 e. The number of rotatable bonds is 8. The van der Waals surface area contributed by atoms with Gasteiger partial charge < -0.3 is 9.47 Å². The van der Waals surface area contributed by atoms with Crippen LogP contribution in [0.15, 0.2) is 42.6 Å². The Morgan fingerprint density at radius 1 is 1.24 bits per heavy atom. The van der Waals surface area contributed by atoms with Gasteiger partial charge in [0.05, 0.1) is 23.7 Å². The molecule has 3 aromatic rings. The Hall–Kier alpha value is -3.26. The first-order valence-electron chi connectivity index (χ1n) is 11.1. The van der Waals surface area contributed by atoms with Crippen molar-refractivity contribution in [1.82, 2.24) is 9.97 Å². The second kappa shape index (κ2) is 10.1. The number of thiazole rings is 1. The molecule has 1 aliphatic rings. The van der Waals surface area contributed by atoms with Crippen LogP contribution in [0.3, 0.4) is 0 Å². The van der Waals surface area contributed by atoms with Crippen LogP contribution in [0.2, 0.25) is 0 Å². The smallest absolute Gasteiger partial charge is 0.326 e. The van der Waals surface area contributed by atoms with Gasteiger partial charge in [0.1, 0.15) is 17.3 Å². The minimum absolute atomic E-state index is 0.148. The van der Waals surface area contributed by atoms with Gasteiger partial charge in [-0.25, -0.2) is 4.98 Å². The average molecular weight is 466 g/mol. The normalized spacial score (nSPS) is 15.2. The summed E-state index contributed by atoms with van der Waals surface area (Å²) in [5.74, 6) is -0.135. The molecular weight excluding hydrogens is 438 g/mol. The molecule has 1 amide bonds. The molecule has 33 heavy (non-hydrogen) atoms. The first-order valence-corrected chi connectivity index (χ1v) is 12.0.